The van der Waals surface area contributed by atoms with Crippen LogP contribution in [0.2, 0.25) is 5.02 Å². The molecule has 9 heteroatoms. The van der Waals surface area contributed by atoms with Gasteiger partial charge in [0, 0.05) is 28.8 Å². The fourth-order valence-corrected chi connectivity index (χ4v) is 3.41. The maximum atomic E-state index is 12.5. The van der Waals surface area contributed by atoms with Crippen molar-refractivity contribution in [3.63, 3.8) is 0 Å². The largest absolute Gasteiger partial charge is 0.494 e. The van der Waals surface area contributed by atoms with Crippen molar-refractivity contribution in [2.75, 3.05) is 17.7 Å². The SMILES string of the molecule is CCCCC(=O)Nc1ccc(NC(=S)NC(=O)c2ccc(-c3cccc(Cl)c3)o2)cc1OC. The summed E-state index contributed by atoms with van der Waals surface area (Å²) in [5.41, 5.74) is 1.90. The number of hydrogen-bond donors (Lipinski definition) is 3. The molecule has 0 fully saturated rings. The van der Waals surface area contributed by atoms with Crippen LogP contribution in [0.4, 0.5) is 11.4 Å². The van der Waals surface area contributed by atoms with Crippen LogP contribution in [0, 0.1) is 0 Å². The molecule has 33 heavy (non-hydrogen) atoms. The zero-order chi connectivity index (χ0) is 23.8. The van der Waals surface area contributed by atoms with E-state index in [2.05, 4.69) is 16.0 Å². The first-order valence-corrected chi connectivity index (χ1v) is 11.1. The molecule has 0 aliphatic carbocycles. The lowest BCUT2D eigenvalue weighted by Gasteiger charge is -2.13. The first-order valence-electron chi connectivity index (χ1n) is 10.4. The van der Waals surface area contributed by atoms with Crippen LogP contribution >= 0.6 is 23.8 Å². The molecule has 0 spiro atoms. The number of halogens is 1. The molecular formula is C24H24ClN3O4S. The summed E-state index contributed by atoms with van der Waals surface area (Å²) in [4.78, 5) is 24.5. The Hall–Kier alpha value is -3.36. The molecule has 1 aromatic heterocycles. The molecule has 172 valence electrons. The monoisotopic (exact) mass is 485 g/mol. The minimum Gasteiger partial charge on any atom is -0.494 e. The van der Waals surface area contributed by atoms with Gasteiger partial charge in [0.25, 0.3) is 5.91 Å². The summed E-state index contributed by atoms with van der Waals surface area (Å²) >= 11 is 11.3. The van der Waals surface area contributed by atoms with E-state index in [1.807, 2.05) is 13.0 Å². The average Bonchev–Trinajstić information content (AvgIpc) is 3.29. The van der Waals surface area contributed by atoms with Gasteiger partial charge in [-0.2, -0.15) is 0 Å². The number of unbranched alkanes of at least 4 members (excludes halogenated alkanes) is 1. The number of ether oxygens (including phenoxy) is 1. The van der Waals surface area contributed by atoms with Gasteiger partial charge >= 0.3 is 0 Å². The Balaban J connectivity index is 1.61. The number of hydrogen-bond acceptors (Lipinski definition) is 5. The topological polar surface area (TPSA) is 92.6 Å². The fraction of sp³-hybridized carbons (Fsp3) is 0.208. The number of anilines is 2. The van der Waals surface area contributed by atoms with Crippen molar-refractivity contribution in [2.24, 2.45) is 0 Å². The third kappa shape index (κ3) is 6.81. The van der Waals surface area contributed by atoms with E-state index in [9.17, 15) is 9.59 Å². The number of nitrogens with one attached hydrogen (secondary N) is 3. The fourth-order valence-electron chi connectivity index (χ4n) is 3.01. The predicted molar refractivity (Wildman–Crippen MR) is 134 cm³/mol. The highest BCUT2D eigenvalue weighted by Gasteiger charge is 2.15. The Morgan fingerprint density at radius 1 is 1.09 bits per heavy atom. The molecule has 3 N–H and O–H groups in total. The molecule has 0 atom stereocenters. The van der Waals surface area contributed by atoms with Gasteiger partial charge in [-0.25, -0.2) is 0 Å². The molecule has 3 aromatic rings. The lowest BCUT2D eigenvalue weighted by atomic mass is 10.2. The van der Waals surface area contributed by atoms with E-state index in [-0.39, 0.29) is 16.8 Å². The Morgan fingerprint density at radius 2 is 1.91 bits per heavy atom. The van der Waals surface area contributed by atoms with E-state index in [0.29, 0.717) is 34.3 Å². The molecule has 0 unspecified atom stereocenters. The van der Waals surface area contributed by atoms with Gasteiger partial charge in [-0.05, 0) is 55.0 Å². The predicted octanol–water partition coefficient (Wildman–Crippen LogP) is 5.86. The van der Waals surface area contributed by atoms with Gasteiger partial charge in [-0.15, -0.1) is 0 Å². The first kappa shape index (κ1) is 24.3. The smallest absolute Gasteiger partial charge is 0.293 e. The van der Waals surface area contributed by atoms with Gasteiger partial charge in [0.05, 0.1) is 12.8 Å². The van der Waals surface area contributed by atoms with Crippen LogP contribution in [0.15, 0.2) is 59.0 Å². The van der Waals surface area contributed by atoms with E-state index in [4.69, 9.17) is 33.0 Å². The maximum absolute atomic E-state index is 12.5. The highest BCUT2D eigenvalue weighted by molar-refractivity contribution is 7.80. The van der Waals surface area contributed by atoms with Crippen LogP contribution in [-0.4, -0.2) is 24.0 Å². The summed E-state index contributed by atoms with van der Waals surface area (Å²) in [5.74, 6) is 0.526. The van der Waals surface area contributed by atoms with Gasteiger partial charge in [0.2, 0.25) is 5.91 Å². The van der Waals surface area contributed by atoms with Crippen LogP contribution in [-0.2, 0) is 4.79 Å². The number of thiocarbonyl (C=S) groups is 1. The Morgan fingerprint density at radius 3 is 2.64 bits per heavy atom. The molecule has 0 aliphatic rings. The zero-order valence-electron chi connectivity index (χ0n) is 18.2. The molecule has 0 saturated carbocycles. The third-order valence-corrected chi connectivity index (χ3v) is 5.10. The van der Waals surface area contributed by atoms with E-state index < -0.39 is 5.91 Å². The Labute approximate surface area is 202 Å². The molecule has 7 nitrogen and oxygen atoms in total. The number of rotatable bonds is 8. The average molecular weight is 486 g/mol. The summed E-state index contributed by atoms with van der Waals surface area (Å²) in [5, 5.41) is 9.00. The normalized spacial score (nSPS) is 10.4. The quantitative estimate of drug-likeness (QED) is 0.346. The van der Waals surface area contributed by atoms with Crippen molar-refractivity contribution in [2.45, 2.75) is 26.2 Å². The van der Waals surface area contributed by atoms with Crippen molar-refractivity contribution < 1.29 is 18.7 Å². The summed E-state index contributed by atoms with van der Waals surface area (Å²) in [6.45, 7) is 2.03. The number of amides is 2. The molecule has 2 amide bonds. The van der Waals surface area contributed by atoms with Crippen LogP contribution in [0.25, 0.3) is 11.3 Å². The van der Waals surface area contributed by atoms with Crippen LogP contribution in [0.5, 0.6) is 5.75 Å². The highest BCUT2D eigenvalue weighted by Crippen LogP contribution is 2.28. The minimum atomic E-state index is -0.493. The molecule has 0 bridgehead atoms. The molecular weight excluding hydrogens is 462 g/mol. The van der Waals surface area contributed by atoms with Crippen LogP contribution in [0.1, 0.15) is 36.7 Å². The van der Waals surface area contributed by atoms with Crippen molar-refractivity contribution in [1.29, 1.82) is 0 Å². The second-order valence-corrected chi connectivity index (χ2v) is 7.99. The van der Waals surface area contributed by atoms with Crippen molar-refractivity contribution in [1.82, 2.24) is 5.32 Å². The summed E-state index contributed by atoms with van der Waals surface area (Å²) in [6.07, 6.45) is 2.20. The van der Waals surface area contributed by atoms with Crippen molar-refractivity contribution >= 4 is 52.1 Å². The first-order chi connectivity index (χ1) is 15.9. The summed E-state index contributed by atoms with van der Waals surface area (Å²) in [7, 11) is 1.51. The third-order valence-electron chi connectivity index (χ3n) is 4.66. The second-order valence-electron chi connectivity index (χ2n) is 7.15. The second kappa shape index (κ2) is 11.5. The van der Waals surface area contributed by atoms with Crippen LogP contribution in [0.3, 0.4) is 0 Å². The van der Waals surface area contributed by atoms with Gasteiger partial charge in [-0.3, -0.25) is 14.9 Å². The van der Waals surface area contributed by atoms with Crippen molar-refractivity contribution in [3.8, 4) is 17.1 Å². The van der Waals surface area contributed by atoms with E-state index >= 15 is 0 Å². The number of benzene rings is 2. The number of furan rings is 1. The molecule has 0 saturated heterocycles. The van der Waals surface area contributed by atoms with E-state index in [1.165, 1.54) is 7.11 Å². The summed E-state index contributed by atoms with van der Waals surface area (Å²) < 4.78 is 11.0. The van der Waals surface area contributed by atoms with Gasteiger partial charge < -0.3 is 19.8 Å². The number of methoxy groups -OCH3 is 1. The number of carbonyl (C=O) groups excluding carboxylic acids is 2. The minimum absolute atomic E-state index is 0.0748. The Bertz CT molecular complexity index is 1160. The molecule has 1 heterocycles. The van der Waals surface area contributed by atoms with Gasteiger partial charge in [0.1, 0.15) is 11.5 Å². The van der Waals surface area contributed by atoms with Gasteiger partial charge in [0.15, 0.2) is 10.9 Å². The maximum Gasteiger partial charge on any atom is 0.293 e. The van der Waals surface area contributed by atoms with Crippen molar-refractivity contribution in [3.05, 3.63) is 65.4 Å². The molecule has 0 aliphatic heterocycles. The Kier molecular flexibility index (Phi) is 8.46. The zero-order valence-corrected chi connectivity index (χ0v) is 19.8. The standard InChI is InChI=1S/C24H24ClN3O4S/c1-3-4-8-22(29)27-18-10-9-17(14-21(18)31-2)26-24(33)28-23(30)20-12-11-19(32-20)15-6-5-7-16(25)13-15/h5-7,9-14H,3-4,8H2,1-2H3,(H,27,29)(H2,26,28,30,33). The number of carbonyl (C=O) groups is 2. The van der Waals surface area contributed by atoms with E-state index in [1.54, 1.807) is 48.5 Å². The van der Waals surface area contributed by atoms with Gasteiger partial charge in [-0.1, -0.05) is 37.1 Å². The van der Waals surface area contributed by atoms with Crippen LogP contribution < -0.4 is 20.7 Å². The van der Waals surface area contributed by atoms with E-state index in [0.717, 1.165) is 18.4 Å². The molecule has 2 aromatic carbocycles. The lowest BCUT2D eigenvalue weighted by Crippen LogP contribution is -2.33. The molecule has 0 radical (unpaired) electrons. The lowest BCUT2D eigenvalue weighted by molar-refractivity contribution is -0.116. The highest BCUT2D eigenvalue weighted by atomic mass is 35.5. The summed E-state index contributed by atoms with van der Waals surface area (Å²) in [6, 6.07) is 15.5. The molecule has 3 rings (SSSR count).